The average Bonchev–Trinajstić information content (AvgIpc) is 2.73. The summed E-state index contributed by atoms with van der Waals surface area (Å²) in [4.78, 5) is 17.8. The molecule has 5 heteroatoms. The van der Waals surface area contributed by atoms with E-state index in [1.807, 2.05) is 0 Å². The van der Waals surface area contributed by atoms with Gasteiger partial charge in [-0.05, 0) is 7.05 Å². The van der Waals surface area contributed by atoms with Crippen molar-refractivity contribution in [1.82, 2.24) is 14.5 Å². The van der Waals surface area contributed by atoms with Crippen LogP contribution in [0.4, 0.5) is 0 Å². The number of carboxylic acid groups (broad SMARTS) is 1. The lowest BCUT2D eigenvalue weighted by atomic mass is 10.1. The van der Waals surface area contributed by atoms with E-state index in [0.717, 1.165) is 31.0 Å². The molecule has 2 aliphatic heterocycles. The SMILES string of the molecule is CN1CCc2c(nc3n2CC(C(=O)O)C3)C1. The van der Waals surface area contributed by atoms with E-state index >= 15 is 0 Å². The zero-order chi connectivity index (χ0) is 11.3. The van der Waals surface area contributed by atoms with Crippen LogP contribution in [0.15, 0.2) is 0 Å². The van der Waals surface area contributed by atoms with Gasteiger partial charge in [0, 0.05) is 38.2 Å². The molecule has 0 saturated carbocycles. The van der Waals surface area contributed by atoms with E-state index in [1.165, 1.54) is 5.69 Å². The van der Waals surface area contributed by atoms with E-state index in [0.29, 0.717) is 13.0 Å². The summed E-state index contributed by atoms with van der Waals surface area (Å²) >= 11 is 0. The van der Waals surface area contributed by atoms with Crippen LogP contribution in [-0.4, -0.2) is 39.1 Å². The fourth-order valence-electron chi connectivity index (χ4n) is 2.67. The van der Waals surface area contributed by atoms with Gasteiger partial charge in [0.1, 0.15) is 5.82 Å². The Morgan fingerprint density at radius 3 is 3.12 bits per heavy atom. The molecule has 1 atom stereocenters. The Morgan fingerprint density at radius 1 is 1.56 bits per heavy atom. The summed E-state index contributed by atoms with van der Waals surface area (Å²) in [5.74, 6) is -0.00710. The quantitative estimate of drug-likeness (QED) is 0.732. The van der Waals surface area contributed by atoms with Gasteiger partial charge in [-0.1, -0.05) is 0 Å². The molecule has 3 rings (SSSR count). The van der Waals surface area contributed by atoms with Gasteiger partial charge in [-0.15, -0.1) is 0 Å². The van der Waals surface area contributed by atoms with Crippen LogP contribution < -0.4 is 0 Å². The van der Waals surface area contributed by atoms with Crippen molar-refractivity contribution in [1.29, 1.82) is 0 Å². The zero-order valence-electron chi connectivity index (χ0n) is 9.31. The second kappa shape index (κ2) is 3.31. The number of imidazole rings is 1. The lowest BCUT2D eigenvalue weighted by Gasteiger charge is -2.22. The molecule has 0 aromatic carbocycles. The molecule has 2 aliphatic rings. The van der Waals surface area contributed by atoms with Gasteiger partial charge < -0.3 is 14.6 Å². The van der Waals surface area contributed by atoms with Crippen LogP contribution in [0, 0.1) is 5.92 Å². The first-order chi connectivity index (χ1) is 7.65. The highest BCUT2D eigenvalue weighted by atomic mass is 16.4. The molecule has 86 valence electrons. The van der Waals surface area contributed by atoms with Crippen molar-refractivity contribution >= 4 is 5.97 Å². The fraction of sp³-hybridized carbons (Fsp3) is 0.636. The van der Waals surface area contributed by atoms with Gasteiger partial charge in [0.2, 0.25) is 0 Å². The third kappa shape index (κ3) is 1.35. The number of hydrogen-bond acceptors (Lipinski definition) is 3. The third-order valence-electron chi connectivity index (χ3n) is 3.57. The molecule has 0 saturated heterocycles. The minimum absolute atomic E-state index is 0.271. The summed E-state index contributed by atoms with van der Waals surface area (Å²) in [5, 5.41) is 9.00. The van der Waals surface area contributed by atoms with Crippen LogP contribution in [0.1, 0.15) is 17.2 Å². The van der Waals surface area contributed by atoms with E-state index in [1.54, 1.807) is 0 Å². The molecule has 3 heterocycles. The predicted octanol–water partition coefficient (Wildman–Crippen LogP) is 0.128. The molecule has 1 aromatic heterocycles. The Bertz CT molecular complexity index is 452. The second-order valence-electron chi connectivity index (χ2n) is 4.76. The molecular weight excluding hydrogens is 206 g/mol. The van der Waals surface area contributed by atoms with Crippen molar-refractivity contribution in [2.75, 3.05) is 13.6 Å². The maximum atomic E-state index is 10.9. The van der Waals surface area contributed by atoms with Crippen LogP contribution in [0.2, 0.25) is 0 Å². The molecule has 0 aliphatic carbocycles. The van der Waals surface area contributed by atoms with Crippen LogP contribution in [0.25, 0.3) is 0 Å². The topological polar surface area (TPSA) is 58.4 Å². The Hall–Kier alpha value is -1.36. The smallest absolute Gasteiger partial charge is 0.308 e. The molecule has 1 aromatic rings. The number of carbonyl (C=O) groups is 1. The van der Waals surface area contributed by atoms with Crippen molar-refractivity contribution in [3.8, 4) is 0 Å². The first kappa shape index (κ1) is 9.84. The third-order valence-corrected chi connectivity index (χ3v) is 3.57. The van der Waals surface area contributed by atoms with Crippen LogP contribution >= 0.6 is 0 Å². The molecule has 0 radical (unpaired) electrons. The second-order valence-corrected chi connectivity index (χ2v) is 4.76. The van der Waals surface area contributed by atoms with Crippen LogP contribution in [-0.2, 0) is 30.7 Å². The minimum Gasteiger partial charge on any atom is -0.481 e. The number of aliphatic carboxylic acids is 1. The van der Waals surface area contributed by atoms with Gasteiger partial charge in [0.05, 0.1) is 11.6 Å². The van der Waals surface area contributed by atoms with E-state index < -0.39 is 5.97 Å². The highest BCUT2D eigenvalue weighted by molar-refractivity contribution is 5.70. The molecule has 0 spiro atoms. The van der Waals surface area contributed by atoms with Gasteiger partial charge in [-0.25, -0.2) is 4.98 Å². The summed E-state index contributed by atoms with van der Waals surface area (Å²) in [7, 11) is 2.09. The van der Waals surface area contributed by atoms with Crippen molar-refractivity contribution < 1.29 is 9.90 Å². The number of carboxylic acids is 1. The number of likely N-dealkylation sites (N-methyl/N-ethyl adjacent to an activating group) is 1. The first-order valence-electron chi connectivity index (χ1n) is 5.63. The largest absolute Gasteiger partial charge is 0.481 e. The first-order valence-corrected chi connectivity index (χ1v) is 5.63. The Balaban J connectivity index is 1.93. The van der Waals surface area contributed by atoms with Crippen molar-refractivity contribution in [3.63, 3.8) is 0 Å². The summed E-state index contributed by atoms with van der Waals surface area (Å²) < 4.78 is 2.13. The lowest BCUT2D eigenvalue weighted by Crippen LogP contribution is -2.28. The van der Waals surface area contributed by atoms with Gasteiger partial charge >= 0.3 is 5.97 Å². The molecule has 0 fully saturated rings. The molecule has 5 nitrogen and oxygen atoms in total. The van der Waals surface area contributed by atoms with E-state index in [2.05, 4.69) is 21.5 Å². The fourth-order valence-corrected chi connectivity index (χ4v) is 2.67. The maximum absolute atomic E-state index is 10.9. The monoisotopic (exact) mass is 221 g/mol. The minimum atomic E-state index is -0.702. The molecule has 1 unspecified atom stereocenters. The number of aromatic nitrogens is 2. The van der Waals surface area contributed by atoms with Crippen LogP contribution in [0.3, 0.4) is 0 Å². The van der Waals surface area contributed by atoms with E-state index in [-0.39, 0.29) is 5.92 Å². The molecule has 1 N–H and O–H groups in total. The lowest BCUT2D eigenvalue weighted by molar-refractivity contribution is -0.141. The summed E-state index contributed by atoms with van der Waals surface area (Å²) in [5.41, 5.74) is 2.41. The molecule has 16 heavy (non-hydrogen) atoms. The maximum Gasteiger partial charge on any atom is 0.308 e. The van der Waals surface area contributed by atoms with Crippen LogP contribution in [0.5, 0.6) is 0 Å². The highest BCUT2D eigenvalue weighted by Gasteiger charge is 2.32. The van der Waals surface area contributed by atoms with Crippen molar-refractivity contribution in [2.45, 2.75) is 25.9 Å². The highest BCUT2D eigenvalue weighted by Crippen LogP contribution is 2.27. The predicted molar refractivity (Wildman–Crippen MR) is 57.1 cm³/mol. The number of rotatable bonds is 1. The van der Waals surface area contributed by atoms with Gasteiger partial charge in [0.15, 0.2) is 0 Å². The standard InChI is InChI=1S/C11H15N3O2/c1-13-3-2-9-8(6-13)12-10-4-7(11(15)16)5-14(9)10/h7H,2-6H2,1H3,(H,15,16). The van der Waals surface area contributed by atoms with E-state index in [4.69, 9.17) is 5.11 Å². The number of hydrogen-bond donors (Lipinski definition) is 1. The molecular formula is C11H15N3O2. The number of fused-ring (bicyclic) bond motifs is 3. The summed E-state index contributed by atoms with van der Waals surface area (Å²) in [6.07, 6.45) is 1.58. The summed E-state index contributed by atoms with van der Waals surface area (Å²) in [6.45, 7) is 2.54. The number of nitrogens with zero attached hydrogens (tertiary/aromatic N) is 3. The van der Waals surface area contributed by atoms with E-state index in [9.17, 15) is 4.79 Å². The molecule has 0 bridgehead atoms. The Labute approximate surface area is 93.7 Å². The Kier molecular flexibility index (Phi) is 2.04. The average molecular weight is 221 g/mol. The van der Waals surface area contributed by atoms with Gasteiger partial charge in [-0.3, -0.25) is 4.79 Å². The zero-order valence-corrected chi connectivity index (χ0v) is 9.31. The normalized spacial score (nSPS) is 24.2. The summed E-state index contributed by atoms with van der Waals surface area (Å²) in [6, 6.07) is 0. The molecule has 0 amide bonds. The van der Waals surface area contributed by atoms with Crippen molar-refractivity contribution in [3.05, 3.63) is 17.2 Å². The van der Waals surface area contributed by atoms with Gasteiger partial charge in [0.25, 0.3) is 0 Å². The van der Waals surface area contributed by atoms with Crippen molar-refractivity contribution in [2.24, 2.45) is 5.92 Å². The van der Waals surface area contributed by atoms with Gasteiger partial charge in [-0.2, -0.15) is 0 Å². The Morgan fingerprint density at radius 2 is 2.38 bits per heavy atom.